The number of anilines is 1. The van der Waals surface area contributed by atoms with Crippen LogP contribution in [0, 0.1) is 5.92 Å². The Labute approximate surface area is 93.3 Å². The number of aliphatic hydroxyl groups is 1. The fraction of sp³-hybridized carbons (Fsp3) is 0.545. The summed E-state index contributed by atoms with van der Waals surface area (Å²) in [7, 11) is 2.03. The minimum atomic E-state index is -0.0859. The van der Waals surface area contributed by atoms with Crippen LogP contribution in [0.1, 0.15) is 22.5 Å². The zero-order valence-corrected chi connectivity index (χ0v) is 9.54. The molecule has 1 heterocycles. The molecule has 15 heavy (non-hydrogen) atoms. The second kappa shape index (κ2) is 4.33. The molecule has 0 bridgehead atoms. The quantitative estimate of drug-likeness (QED) is 0.794. The SMILES string of the molecule is CN(CC1CC(O)C1)c1ccc(C=O)s1. The number of carbonyl (C=O) groups is 1. The predicted octanol–water partition coefficient (Wildman–Crippen LogP) is 1.77. The van der Waals surface area contributed by atoms with Gasteiger partial charge in [-0.2, -0.15) is 0 Å². The van der Waals surface area contributed by atoms with E-state index in [9.17, 15) is 9.90 Å². The molecule has 0 aliphatic heterocycles. The van der Waals surface area contributed by atoms with Gasteiger partial charge in [-0.15, -0.1) is 11.3 Å². The molecule has 2 rings (SSSR count). The lowest BCUT2D eigenvalue weighted by molar-refractivity contribution is 0.0465. The van der Waals surface area contributed by atoms with E-state index in [0.717, 1.165) is 35.6 Å². The molecular weight excluding hydrogens is 210 g/mol. The van der Waals surface area contributed by atoms with Crippen molar-refractivity contribution < 1.29 is 9.90 Å². The Morgan fingerprint density at radius 3 is 2.87 bits per heavy atom. The van der Waals surface area contributed by atoms with Gasteiger partial charge in [-0.1, -0.05) is 0 Å². The second-order valence-electron chi connectivity index (χ2n) is 4.17. The molecule has 3 nitrogen and oxygen atoms in total. The maximum absolute atomic E-state index is 10.5. The molecule has 1 aliphatic carbocycles. The summed E-state index contributed by atoms with van der Waals surface area (Å²) in [5, 5.41) is 10.3. The highest BCUT2D eigenvalue weighted by Crippen LogP contribution is 2.31. The van der Waals surface area contributed by atoms with Crippen LogP contribution in [0.3, 0.4) is 0 Å². The lowest BCUT2D eigenvalue weighted by Crippen LogP contribution is -2.36. The first-order valence-electron chi connectivity index (χ1n) is 5.13. The standard InChI is InChI=1S/C11H15NO2S/c1-12(6-8-4-9(14)5-8)11-3-2-10(7-13)15-11/h2-3,7-9,14H,4-6H2,1H3. The average molecular weight is 225 g/mol. The molecule has 0 spiro atoms. The van der Waals surface area contributed by atoms with E-state index in [1.165, 1.54) is 11.3 Å². The number of thiophene rings is 1. The largest absolute Gasteiger partial charge is 0.393 e. The van der Waals surface area contributed by atoms with Crippen molar-refractivity contribution in [2.75, 3.05) is 18.5 Å². The van der Waals surface area contributed by atoms with Crippen molar-refractivity contribution in [2.45, 2.75) is 18.9 Å². The number of nitrogens with zero attached hydrogens (tertiary/aromatic N) is 1. The van der Waals surface area contributed by atoms with Crippen LogP contribution in [0.4, 0.5) is 5.00 Å². The number of carbonyl (C=O) groups excluding carboxylic acids is 1. The van der Waals surface area contributed by atoms with E-state index in [1.807, 2.05) is 19.2 Å². The molecule has 1 saturated carbocycles. The Morgan fingerprint density at radius 1 is 1.60 bits per heavy atom. The highest BCUT2D eigenvalue weighted by molar-refractivity contribution is 7.17. The fourth-order valence-corrected chi connectivity index (χ4v) is 2.73. The Balaban J connectivity index is 1.89. The Hall–Kier alpha value is -0.870. The van der Waals surface area contributed by atoms with Crippen LogP contribution in [0.25, 0.3) is 0 Å². The van der Waals surface area contributed by atoms with Gasteiger partial charge in [-0.3, -0.25) is 4.79 Å². The van der Waals surface area contributed by atoms with Crippen LogP contribution < -0.4 is 4.90 Å². The fourth-order valence-electron chi connectivity index (χ4n) is 1.94. The molecule has 1 aliphatic rings. The summed E-state index contributed by atoms with van der Waals surface area (Å²) in [4.78, 5) is 13.5. The summed E-state index contributed by atoms with van der Waals surface area (Å²) in [6, 6.07) is 3.82. The van der Waals surface area contributed by atoms with E-state index >= 15 is 0 Å². The normalized spacial score (nSPS) is 24.7. The Bertz CT molecular complexity index is 344. The van der Waals surface area contributed by atoms with Crippen molar-refractivity contribution in [3.05, 3.63) is 17.0 Å². The van der Waals surface area contributed by atoms with E-state index in [-0.39, 0.29) is 6.10 Å². The van der Waals surface area contributed by atoms with E-state index in [1.54, 1.807) is 0 Å². The van der Waals surface area contributed by atoms with Crippen molar-refractivity contribution in [1.82, 2.24) is 0 Å². The molecule has 0 aromatic carbocycles. The zero-order chi connectivity index (χ0) is 10.8. The van der Waals surface area contributed by atoms with Gasteiger partial charge >= 0.3 is 0 Å². The number of aldehydes is 1. The zero-order valence-electron chi connectivity index (χ0n) is 8.72. The summed E-state index contributed by atoms with van der Waals surface area (Å²) >= 11 is 1.51. The minimum absolute atomic E-state index is 0.0859. The predicted molar refractivity (Wildman–Crippen MR) is 61.7 cm³/mol. The van der Waals surface area contributed by atoms with Gasteiger partial charge < -0.3 is 10.0 Å². The molecule has 1 N–H and O–H groups in total. The molecule has 0 saturated heterocycles. The summed E-state index contributed by atoms with van der Waals surface area (Å²) in [6.07, 6.45) is 2.62. The van der Waals surface area contributed by atoms with E-state index in [2.05, 4.69) is 4.90 Å². The highest BCUT2D eigenvalue weighted by atomic mass is 32.1. The van der Waals surface area contributed by atoms with Crippen LogP contribution in [-0.2, 0) is 0 Å². The molecule has 4 heteroatoms. The van der Waals surface area contributed by atoms with Gasteiger partial charge in [0.2, 0.25) is 0 Å². The van der Waals surface area contributed by atoms with Crippen molar-refractivity contribution in [3.8, 4) is 0 Å². The van der Waals surface area contributed by atoms with Crippen LogP contribution in [0.5, 0.6) is 0 Å². The smallest absolute Gasteiger partial charge is 0.160 e. The summed E-state index contributed by atoms with van der Waals surface area (Å²) in [5.41, 5.74) is 0. The van der Waals surface area contributed by atoms with E-state index in [4.69, 9.17) is 0 Å². The van der Waals surface area contributed by atoms with Gasteiger partial charge in [0.15, 0.2) is 6.29 Å². The first kappa shape index (κ1) is 10.6. The van der Waals surface area contributed by atoms with Crippen LogP contribution >= 0.6 is 11.3 Å². The lowest BCUT2D eigenvalue weighted by atomic mass is 9.82. The topological polar surface area (TPSA) is 40.5 Å². The molecule has 1 fully saturated rings. The van der Waals surface area contributed by atoms with Gasteiger partial charge in [-0.05, 0) is 30.9 Å². The van der Waals surface area contributed by atoms with E-state index < -0.39 is 0 Å². The van der Waals surface area contributed by atoms with Gasteiger partial charge in [-0.25, -0.2) is 0 Å². The van der Waals surface area contributed by atoms with Crippen LogP contribution in [0.2, 0.25) is 0 Å². The first-order chi connectivity index (χ1) is 7.19. The monoisotopic (exact) mass is 225 g/mol. The third-order valence-corrected chi connectivity index (χ3v) is 3.97. The molecule has 0 radical (unpaired) electrons. The maximum Gasteiger partial charge on any atom is 0.160 e. The minimum Gasteiger partial charge on any atom is -0.393 e. The molecule has 0 amide bonds. The van der Waals surface area contributed by atoms with Crippen molar-refractivity contribution in [2.24, 2.45) is 5.92 Å². The number of hydrogen-bond acceptors (Lipinski definition) is 4. The average Bonchev–Trinajstić information content (AvgIpc) is 2.63. The Morgan fingerprint density at radius 2 is 2.33 bits per heavy atom. The second-order valence-corrected chi connectivity index (χ2v) is 5.26. The summed E-state index contributed by atoms with van der Waals surface area (Å²) in [5.74, 6) is 0.604. The van der Waals surface area contributed by atoms with Crippen LogP contribution in [0.15, 0.2) is 12.1 Å². The van der Waals surface area contributed by atoms with E-state index in [0.29, 0.717) is 5.92 Å². The molecule has 0 atom stereocenters. The number of hydrogen-bond donors (Lipinski definition) is 1. The van der Waals surface area contributed by atoms with Crippen molar-refractivity contribution in [1.29, 1.82) is 0 Å². The van der Waals surface area contributed by atoms with Gasteiger partial charge in [0.25, 0.3) is 0 Å². The van der Waals surface area contributed by atoms with Crippen molar-refractivity contribution in [3.63, 3.8) is 0 Å². The van der Waals surface area contributed by atoms with Crippen LogP contribution in [-0.4, -0.2) is 31.1 Å². The molecule has 1 aromatic heterocycles. The van der Waals surface area contributed by atoms with Gasteiger partial charge in [0, 0.05) is 13.6 Å². The number of rotatable bonds is 4. The molecule has 1 aromatic rings. The summed E-state index contributed by atoms with van der Waals surface area (Å²) < 4.78 is 0. The van der Waals surface area contributed by atoms with Gasteiger partial charge in [0.1, 0.15) is 0 Å². The third-order valence-electron chi connectivity index (χ3n) is 2.85. The first-order valence-corrected chi connectivity index (χ1v) is 5.95. The number of aliphatic hydroxyl groups excluding tert-OH is 1. The lowest BCUT2D eigenvalue weighted by Gasteiger charge is -2.34. The highest BCUT2D eigenvalue weighted by Gasteiger charge is 2.28. The molecule has 0 unspecified atom stereocenters. The van der Waals surface area contributed by atoms with Crippen molar-refractivity contribution >= 4 is 22.6 Å². The molecular formula is C11H15NO2S. The third kappa shape index (κ3) is 2.38. The Kier molecular flexibility index (Phi) is 3.07. The van der Waals surface area contributed by atoms with Gasteiger partial charge in [0.05, 0.1) is 16.0 Å². The maximum atomic E-state index is 10.5. The molecule has 82 valence electrons. The summed E-state index contributed by atoms with van der Waals surface area (Å²) in [6.45, 7) is 0.968.